The largest absolute Gasteiger partial charge is 0.422 e. The Morgan fingerprint density at radius 1 is 1.03 bits per heavy atom. The maximum Gasteiger partial charge on any atom is 0.340 e. The third-order valence-electron chi connectivity index (χ3n) is 6.81. The van der Waals surface area contributed by atoms with Crippen molar-refractivity contribution in [1.29, 1.82) is 5.26 Å². The molecule has 0 unspecified atom stereocenters. The minimum atomic E-state index is -0.354. The fourth-order valence-electron chi connectivity index (χ4n) is 4.83. The van der Waals surface area contributed by atoms with Gasteiger partial charge in [0.15, 0.2) is 0 Å². The maximum atomic E-state index is 11.9. The minimum Gasteiger partial charge on any atom is -0.422 e. The summed E-state index contributed by atoms with van der Waals surface area (Å²) in [6.07, 6.45) is 5.38. The van der Waals surface area contributed by atoms with Gasteiger partial charge >= 0.3 is 5.63 Å². The Labute approximate surface area is 198 Å². The number of rotatable bonds is 7. The number of aryl methyl sites for hydroxylation is 1. The van der Waals surface area contributed by atoms with Crippen LogP contribution in [0.1, 0.15) is 29.5 Å². The van der Waals surface area contributed by atoms with Gasteiger partial charge < -0.3 is 20.0 Å². The van der Waals surface area contributed by atoms with E-state index in [1.165, 1.54) is 10.9 Å². The minimum absolute atomic E-state index is 0.183. The van der Waals surface area contributed by atoms with Gasteiger partial charge in [-0.3, -0.25) is 4.90 Å². The molecule has 0 radical (unpaired) electrons. The SMILES string of the molecule is N#Cc1ccc2[nH]cc(CCCCN3CCN(c4ccc5oc(=O)c(CN)cc5c4)CC3)c2c1. The lowest BCUT2D eigenvalue weighted by Gasteiger charge is -2.36. The standard InChI is InChI=1S/C27H29N5O2/c28-16-19-4-6-25-24(13-19)20(18-30-25)3-1-2-8-31-9-11-32(12-10-31)23-5-7-26-21(15-23)14-22(17-29)27(33)34-26/h4-7,13-15,18,30H,1-3,8-12,17,29H2. The Balaban J connectivity index is 1.12. The lowest BCUT2D eigenvalue weighted by Crippen LogP contribution is -2.46. The van der Waals surface area contributed by atoms with E-state index < -0.39 is 0 Å². The summed E-state index contributed by atoms with van der Waals surface area (Å²) in [5, 5.41) is 11.2. The highest BCUT2D eigenvalue weighted by Gasteiger charge is 2.17. The van der Waals surface area contributed by atoms with E-state index in [-0.39, 0.29) is 12.2 Å². The highest BCUT2D eigenvalue weighted by atomic mass is 16.4. The smallest absolute Gasteiger partial charge is 0.340 e. The van der Waals surface area contributed by atoms with Crippen molar-refractivity contribution in [2.75, 3.05) is 37.6 Å². The number of piperazine rings is 1. The molecule has 2 aromatic carbocycles. The van der Waals surface area contributed by atoms with Gasteiger partial charge in [-0.15, -0.1) is 0 Å². The zero-order valence-electron chi connectivity index (χ0n) is 19.2. The first-order valence-corrected chi connectivity index (χ1v) is 11.9. The molecule has 0 saturated carbocycles. The number of nitrogens with zero attached hydrogens (tertiary/aromatic N) is 3. The molecule has 1 aliphatic rings. The van der Waals surface area contributed by atoms with Crippen LogP contribution in [0.25, 0.3) is 21.9 Å². The van der Waals surface area contributed by atoms with Crippen molar-refractivity contribution in [1.82, 2.24) is 9.88 Å². The molecule has 2 aromatic heterocycles. The van der Waals surface area contributed by atoms with Gasteiger partial charge in [0.05, 0.1) is 17.2 Å². The highest BCUT2D eigenvalue weighted by Crippen LogP contribution is 2.24. The van der Waals surface area contributed by atoms with E-state index in [0.29, 0.717) is 16.7 Å². The molecule has 174 valence electrons. The van der Waals surface area contributed by atoms with E-state index in [2.05, 4.69) is 33.1 Å². The number of aromatic amines is 1. The number of hydrogen-bond acceptors (Lipinski definition) is 6. The number of fused-ring (bicyclic) bond motifs is 2. The average Bonchev–Trinajstić information content (AvgIpc) is 3.28. The first-order valence-electron chi connectivity index (χ1n) is 11.9. The van der Waals surface area contributed by atoms with E-state index >= 15 is 0 Å². The van der Waals surface area contributed by atoms with E-state index in [0.717, 1.165) is 68.6 Å². The molecule has 4 aromatic rings. The number of hydrogen-bond donors (Lipinski definition) is 2. The molecule has 7 heteroatoms. The van der Waals surface area contributed by atoms with Crippen LogP contribution in [0, 0.1) is 11.3 Å². The Bertz CT molecular complexity index is 1410. The van der Waals surface area contributed by atoms with E-state index in [4.69, 9.17) is 15.4 Å². The number of nitriles is 1. The van der Waals surface area contributed by atoms with Crippen LogP contribution in [0.3, 0.4) is 0 Å². The van der Waals surface area contributed by atoms with E-state index in [1.807, 2.05) is 36.4 Å². The molecule has 1 fully saturated rings. The third kappa shape index (κ3) is 4.56. The monoisotopic (exact) mass is 455 g/mol. The van der Waals surface area contributed by atoms with Crippen molar-refractivity contribution in [3.05, 3.63) is 75.8 Å². The van der Waals surface area contributed by atoms with Gasteiger partial charge in [-0.05, 0) is 73.8 Å². The fourth-order valence-corrected chi connectivity index (χ4v) is 4.83. The predicted molar refractivity (Wildman–Crippen MR) is 135 cm³/mol. The number of unbranched alkanes of at least 4 members (excludes halogenated alkanes) is 1. The van der Waals surface area contributed by atoms with Gasteiger partial charge in [0, 0.05) is 60.9 Å². The molecule has 3 N–H and O–H groups in total. The van der Waals surface area contributed by atoms with Gasteiger partial charge in [0.25, 0.3) is 0 Å². The molecule has 0 bridgehead atoms. The summed E-state index contributed by atoms with van der Waals surface area (Å²) in [5.41, 5.74) is 10.7. The molecule has 5 rings (SSSR count). The lowest BCUT2D eigenvalue weighted by atomic mass is 10.1. The van der Waals surface area contributed by atoms with Crippen LogP contribution in [-0.4, -0.2) is 42.6 Å². The number of nitrogens with one attached hydrogen (secondary N) is 1. The number of H-pyrrole nitrogens is 1. The molecule has 1 saturated heterocycles. The number of aromatic nitrogens is 1. The Kier molecular flexibility index (Phi) is 6.35. The normalized spacial score (nSPS) is 14.6. The molecular weight excluding hydrogens is 426 g/mol. The van der Waals surface area contributed by atoms with Crippen LogP contribution in [0.15, 0.2) is 57.9 Å². The number of anilines is 1. The summed E-state index contributed by atoms with van der Waals surface area (Å²) in [6.45, 7) is 5.31. The van der Waals surface area contributed by atoms with Crippen LogP contribution in [0.4, 0.5) is 5.69 Å². The molecule has 0 aliphatic carbocycles. The Morgan fingerprint density at radius 3 is 2.68 bits per heavy atom. The van der Waals surface area contributed by atoms with Crippen LogP contribution in [-0.2, 0) is 13.0 Å². The van der Waals surface area contributed by atoms with Crippen molar-refractivity contribution >= 4 is 27.6 Å². The van der Waals surface area contributed by atoms with Crippen molar-refractivity contribution in [2.24, 2.45) is 5.73 Å². The number of nitrogens with two attached hydrogens (primary N) is 1. The van der Waals surface area contributed by atoms with Crippen LogP contribution in [0.5, 0.6) is 0 Å². The van der Waals surface area contributed by atoms with Gasteiger partial charge in [0.2, 0.25) is 0 Å². The van der Waals surface area contributed by atoms with Gasteiger partial charge in [-0.25, -0.2) is 4.79 Å². The molecule has 1 aliphatic heterocycles. The predicted octanol–water partition coefficient (Wildman–Crippen LogP) is 3.75. The van der Waals surface area contributed by atoms with Crippen molar-refractivity contribution in [2.45, 2.75) is 25.8 Å². The number of benzene rings is 2. The summed E-state index contributed by atoms with van der Waals surface area (Å²) >= 11 is 0. The quantitative estimate of drug-likeness (QED) is 0.325. The van der Waals surface area contributed by atoms with E-state index in [9.17, 15) is 4.79 Å². The van der Waals surface area contributed by atoms with Crippen molar-refractivity contribution in [3.8, 4) is 6.07 Å². The van der Waals surface area contributed by atoms with Gasteiger partial charge in [-0.2, -0.15) is 5.26 Å². The maximum absolute atomic E-state index is 11.9. The van der Waals surface area contributed by atoms with Crippen LogP contribution < -0.4 is 16.3 Å². The summed E-state index contributed by atoms with van der Waals surface area (Å²) in [4.78, 5) is 20.1. The van der Waals surface area contributed by atoms with Crippen molar-refractivity contribution in [3.63, 3.8) is 0 Å². The summed E-state index contributed by atoms with van der Waals surface area (Å²) in [6, 6.07) is 15.9. The zero-order valence-corrected chi connectivity index (χ0v) is 19.2. The molecule has 0 amide bonds. The average molecular weight is 456 g/mol. The Hall–Kier alpha value is -3.60. The first-order chi connectivity index (χ1) is 16.6. The van der Waals surface area contributed by atoms with Gasteiger partial charge in [0.1, 0.15) is 5.58 Å². The molecule has 0 spiro atoms. The summed E-state index contributed by atoms with van der Waals surface area (Å²) < 4.78 is 5.38. The van der Waals surface area contributed by atoms with Crippen LogP contribution in [0.2, 0.25) is 0 Å². The Morgan fingerprint density at radius 2 is 1.88 bits per heavy atom. The molecule has 34 heavy (non-hydrogen) atoms. The van der Waals surface area contributed by atoms with Gasteiger partial charge in [-0.1, -0.05) is 0 Å². The molecular formula is C27H29N5O2. The fraction of sp³-hybridized carbons (Fsp3) is 0.333. The van der Waals surface area contributed by atoms with Crippen molar-refractivity contribution < 1.29 is 4.42 Å². The second kappa shape index (κ2) is 9.72. The zero-order chi connectivity index (χ0) is 23.5. The van der Waals surface area contributed by atoms with Crippen LogP contribution >= 0.6 is 0 Å². The van der Waals surface area contributed by atoms with E-state index in [1.54, 1.807) is 0 Å². The highest BCUT2D eigenvalue weighted by molar-refractivity contribution is 5.84. The third-order valence-corrected chi connectivity index (χ3v) is 6.81. The lowest BCUT2D eigenvalue weighted by molar-refractivity contribution is 0.253. The molecule has 3 heterocycles. The summed E-state index contributed by atoms with van der Waals surface area (Å²) in [7, 11) is 0. The first kappa shape index (κ1) is 22.2. The molecule has 0 atom stereocenters. The molecule has 7 nitrogen and oxygen atoms in total. The summed E-state index contributed by atoms with van der Waals surface area (Å²) in [5.74, 6) is 0. The second-order valence-electron chi connectivity index (χ2n) is 8.96. The topological polar surface area (TPSA) is 102 Å². The second-order valence-corrected chi connectivity index (χ2v) is 8.96.